The van der Waals surface area contributed by atoms with Gasteiger partial charge in [-0.05, 0) is 30.7 Å². The van der Waals surface area contributed by atoms with Crippen molar-refractivity contribution in [3.05, 3.63) is 47.7 Å². The number of aliphatic hydroxyl groups is 1. The highest BCUT2D eigenvalue weighted by Crippen LogP contribution is 2.15. The van der Waals surface area contributed by atoms with Gasteiger partial charge in [-0.1, -0.05) is 24.3 Å². The molecule has 1 heterocycles. The molecule has 0 spiro atoms. The van der Waals surface area contributed by atoms with E-state index in [9.17, 15) is 0 Å². The molecule has 0 radical (unpaired) electrons. The zero-order valence-electron chi connectivity index (χ0n) is 8.64. The third-order valence-electron chi connectivity index (χ3n) is 2.27. The number of nitrogens with zero attached hydrogens (tertiary/aromatic N) is 1. The average Bonchev–Trinajstić information content (AvgIpc) is 2.26. The zero-order valence-corrected chi connectivity index (χ0v) is 8.64. The number of hydrogen-bond acceptors (Lipinski definition) is 2. The Bertz CT molecular complexity index is 503. The van der Waals surface area contributed by atoms with Crippen LogP contribution in [0.2, 0.25) is 0 Å². The first-order valence-electron chi connectivity index (χ1n) is 4.94. The maximum Gasteiger partial charge on any atom is 0.0705 e. The molecule has 1 aromatic carbocycles. The van der Waals surface area contributed by atoms with Gasteiger partial charge in [0, 0.05) is 11.1 Å². The van der Waals surface area contributed by atoms with E-state index in [1.807, 2.05) is 31.2 Å². The van der Waals surface area contributed by atoms with E-state index in [0.29, 0.717) is 0 Å². The fourth-order valence-corrected chi connectivity index (χ4v) is 1.54. The second kappa shape index (κ2) is 4.24. The van der Waals surface area contributed by atoms with Crippen LogP contribution in [0.1, 0.15) is 11.3 Å². The van der Waals surface area contributed by atoms with Crippen LogP contribution in [0.25, 0.3) is 17.0 Å². The SMILES string of the molecule is Cc1ccc2cc(/C=C/CO)ccc2n1. The summed E-state index contributed by atoms with van der Waals surface area (Å²) in [5, 5.41) is 9.80. The number of benzene rings is 1. The van der Waals surface area contributed by atoms with Crippen LogP contribution in [0, 0.1) is 6.92 Å². The van der Waals surface area contributed by atoms with Crippen molar-refractivity contribution in [3.63, 3.8) is 0 Å². The molecule has 0 fully saturated rings. The van der Waals surface area contributed by atoms with Crippen LogP contribution in [0.5, 0.6) is 0 Å². The minimum atomic E-state index is 0.0736. The minimum absolute atomic E-state index is 0.0736. The smallest absolute Gasteiger partial charge is 0.0705 e. The Morgan fingerprint density at radius 3 is 2.93 bits per heavy atom. The average molecular weight is 199 g/mol. The molecule has 0 aliphatic carbocycles. The van der Waals surface area contributed by atoms with Gasteiger partial charge in [-0.3, -0.25) is 4.98 Å². The molecule has 0 aliphatic rings. The molecule has 76 valence electrons. The second-order valence-electron chi connectivity index (χ2n) is 3.49. The van der Waals surface area contributed by atoms with Gasteiger partial charge in [-0.25, -0.2) is 0 Å². The van der Waals surface area contributed by atoms with Crippen LogP contribution in [-0.2, 0) is 0 Å². The molecule has 1 aromatic heterocycles. The van der Waals surface area contributed by atoms with E-state index in [-0.39, 0.29) is 6.61 Å². The summed E-state index contributed by atoms with van der Waals surface area (Å²) in [5.74, 6) is 0. The van der Waals surface area contributed by atoms with Crippen molar-refractivity contribution in [2.24, 2.45) is 0 Å². The van der Waals surface area contributed by atoms with E-state index in [0.717, 1.165) is 22.2 Å². The van der Waals surface area contributed by atoms with Crippen LogP contribution in [0.4, 0.5) is 0 Å². The van der Waals surface area contributed by atoms with E-state index in [1.54, 1.807) is 6.08 Å². The molecule has 0 atom stereocenters. The summed E-state index contributed by atoms with van der Waals surface area (Å²) in [6.07, 6.45) is 3.63. The largest absolute Gasteiger partial charge is 0.392 e. The maximum atomic E-state index is 8.68. The monoisotopic (exact) mass is 199 g/mol. The highest BCUT2D eigenvalue weighted by Gasteiger charge is 1.95. The molecule has 15 heavy (non-hydrogen) atoms. The predicted molar refractivity (Wildman–Crippen MR) is 62.6 cm³/mol. The third-order valence-corrected chi connectivity index (χ3v) is 2.27. The van der Waals surface area contributed by atoms with Crippen LogP contribution < -0.4 is 0 Å². The fraction of sp³-hybridized carbons (Fsp3) is 0.154. The zero-order chi connectivity index (χ0) is 10.7. The number of aliphatic hydroxyl groups excluding tert-OH is 1. The first-order valence-corrected chi connectivity index (χ1v) is 4.94. The molecule has 0 amide bonds. The Labute approximate surface area is 88.9 Å². The van der Waals surface area contributed by atoms with Gasteiger partial charge in [0.25, 0.3) is 0 Å². The quantitative estimate of drug-likeness (QED) is 0.806. The van der Waals surface area contributed by atoms with Gasteiger partial charge < -0.3 is 5.11 Å². The lowest BCUT2D eigenvalue weighted by Crippen LogP contribution is -1.83. The van der Waals surface area contributed by atoms with Gasteiger partial charge in [-0.15, -0.1) is 0 Å². The Balaban J connectivity index is 2.47. The predicted octanol–water partition coefficient (Wildman–Crippen LogP) is 2.55. The van der Waals surface area contributed by atoms with Crippen molar-refractivity contribution in [1.82, 2.24) is 4.98 Å². The number of pyridine rings is 1. The Morgan fingerprint density at radius 2 is 2.13 bits per heavy atom. The molecule has 0 unspecified atom stereocenters. The summed E-state index contributed by atoms with van der Waals surface area (Å²) in [7, 11) is 0. The van der Waals surface area contributed by atoms with Crippen molar-refractivity contribution >= 4 is 17.0 Å². The highest BCUT2D eigenvalue weighted by molar-refractivity contribution is 5.81. The minimum Gasteiger partial charge on any atom is -0.392 e. The van der Waals surface area contributed by atoms with Crippen LogP contribution in [0.3, 0.4) is 0 Å². The first kappa shape index (κ1) is 9.87. The van der Waals surface area contributed by atoms with E-state index < -0.39 is 0 Å². The lowest BCUT2D eigenvalue weighted by Gasteiger charge is -2.00. The standard InChI is InChI=1S/C13H13NO/c1-10-4-6-12-9-11(3-2-8-15)5-7-13(12)14-10/h2-7,9,15H,8H2,1H3/b3-2+. The van der Waals surface area contributed by atoms with Crippen molar-refractivity contribution in [2.45, 2.75) is 6.92 Å². The summed E-state index contributed by atoms with van der Waals surface area (Å²) >= 11 is 0. The molecule has 0 saturated heterocycles. The topological polar surface area (TPSA) is 33.1 Å². The number of hydrogen-bond donors (Lipinski definition) is 1. The molecule has 2 heteroatoms. The molecule has 0 saturated carbocycles. The Kier molecular flexibility index (Phi) is 2.79. The second-order valence-corrected chi connectivity index (χ2v) is 3.49. The molecule has 0 aliphatic heterocycles. The lowest BCUT2D eigenvalue weighted by atomic mass is 10.1. The molecule has 2 nitrogen and oxygen atoms in total. The van der Waals surface area contributed by atoms with E-state index >= 15 is 0 Å². The van der Waals surface area contributed by atoms with Gasteiger partial charge in [0.2, 0.25) is 0 Å². The summed E-state index contributed by atoms with van der Waals surface area (Å²) in [4.78, 5) is 4.42. The summed E-state index contributed by atoms with van der Waals surface area (Å²) in [6.45, 7) is 2.06. The van der Waals surface area contributed by atoms with Crippen molar-refractivity contribution in [2.75, 3.05) is 6.61 Å². The van der Waals surface area contributed by atoms with Crippen LogP contribution in [-0.4, -0.2) is 16.7 Å². The van der Waals surface area contributed by atoms with Crippen molar-refractivity contribution < 1.29 is 5.11 Å². The summed E-state index contributed by atoms with van der Waals surface area (Å²) < 4.78 is 0. The molecule has 2 aromatic rings. The number of rotatable bonds is 2. The lowest BCUT2D eigenvalue weighted by molar-refractivity contribution is 0.343. The van der Waals surface area contributed by atoms with Gasteiger partial charge in [0.05, 0.1) is 12.1 Å². The van der Waals surface area contributed by atoms with Gasteiger partial charge >= 0.3 is 0 Å². The van der Waals surface area contributed by atoms with Gasteiger partial charge in [0.1, 0.15) is 0 Å². The third kappa shape index (κ3) is 2.22. The van der Waals surface area contributed by atoms with Crippen molar-refractivity contribution in [3.8, 4) is 0 Å². The summed E-state index contributed by atoms with van der Waals surface area (Å²) in [5.41, 5.74) is 3.12. The summed E-state index contributed by atoms with van der Waals surface area (Å²) in [6, 6.07) is 10.1. The molecule has 1 N–H and O–H groups in total. The highest BCUT2D eigenvalue weighted by atomic mass is 16.2. The van der Waals surface area contributed by atoms with Gasteiger partial charge in [0.15, 0.2) is 0 Å². The van der Waals surface area contributed by atoms with Gasteiger partial charge in [-0.2, -0.15) is 0 Å². The van der Waals surface area contributed by atoms with E-state index in [1.165, 1.54) is 0 Å². The Morgan fingerprint density at radius 1 is 1.27 bits per heavy atom. The number of fused-ring (bicyclic) bond motifs is 1. The van der Waals surface area contributed by atoms with Crippen molar-refractivity contribution in [1.29, 1.82) is 0 Å². The maximum absolute atomic E-state index is 8.68. The fourth-order valence-electron chi connectivity index (χ4n) is 1.54. The molecule has 0 bridgehead atoms. The Hall–Kier alpha value is -1.67. The molecular formula is C13H13NO. The normalized spacial score (nSPS) is 11.3. The molecule has 2 rings (SSSR count). The van der Waals surface area contributed by atoms with E-state index in [2.05, 4.69) is 17.1 Å². The first-order chi connectivity index (χ1) is 7.29. The number of aryl methyl sites for hydroxylation is 1. The van der Waals surface area contributed by atoms with Crippen LogP contribution >= 0.6 is 0 Å². The molecular weight excluding hydrogens is 186 g/mol. The number of aromatic nitrogens is 1. The van der Waals surface area contributed by atoms with E-state index in [4.69, 9.17) is 5.11 Å². The van der Waals surface area contributed by atoms with Crippen LogP contribution in [0.15, 0.2) is 36.4 Å².